The number of hydrogen-bond donors (Lipinski definition) is 0. The highest BCUT2D eigenvalue weighted by Gasteiger charge is 2.47. The molecule has 2 aliphatic heterocycles. The number of anilines is 2. The second-order valence-corrected chi connectivity index (χ2v) is 11.9. The van der Waals surface area contributed by atoms with Crippen molar-refractivity contribution in [1.82, 2.24) is 29.3 Å². The van der Waals surface area contributed by atoms with E-state index in [1.807, 2.05) is 31.2 Å². The fraction of sp³-hybridized carbons (Fsp3) is 0.455. The summed E-state index contributed by atoms with van der Waals surface area (Å²) in [4.78, 5) is 19.2. The summed E-state index contributed by atoms with van der Waals surface area (Å²) in [7, 11) is 0. The molecule has 2 saturated heterocycles. The molecule has 7 rings (SSSR count). The van der Waals surface area contributed by atoms with E-state index < -0.39 is 5.79 Å². The molecule has 0 N–H and O–H groups in total. The molecule has 0 amide bonds. The zero-order valence-electron chi connectivity index (χ0n) is 25.9. The average Bonchev–Trinajstić information content (AvgIpc) is 3.80. The molecular formula is C33H40N8O4. The maximum Gasteiger partial charge on any atom is 0.350 e. The van der Waals surface area contributed by atoms with Crippen LogP contribution in [0.3, 0.4) is 0 Å². The molecule has 1 unspecified atom stereocenters. The molecule has 45 heavy (non-hydrogen) atoms. The number of rotatable bonds is 11. The van der Waals surface area contributed by atoms with Gasteiger partial charge in [-0.1, -0.05) is 13.0 Å². The second-order valence-electron chi connectivity index (χ2n) is 11.9. The third-order valence-corrected chi connectivity index (χ3v) is 9.08. The lowest BCUT2D eigenvalue weighted by atomic mass is 9.91. The van der Waals surface area contributed by atoms with Crippen molar-refractivity contribution in [2.45, 2.75) is 57.6 Å². The van der Waals surface area contributed by atoms with Gasteiger partial charge in [0, 0.05) is 37.6 Å². The zero-order chi connectivity index (χ0) is 30.8. The number of allylic oxidation sites excluding steroid dienone is 1. The topological polar surface area (TPSA) is 105 Å². The van der Waals surface area contributed by atoms with Crippen LogP contribution >= 0.6 is 0 Å². The van der Waals surface area contributed by atoms with Crippen molar-refractivity contribution in [3.8, 4) is 11.4 Å². The molecule has 236 valence electrons. The minimum Gasteiger partial charge on any atom is -0.491 e. The van der Waals surface area contributed by atoms with Gasteiger partial charge in [-0.3, -0.25) is 0 Å². The highest BCUT2D eigenvalue weighted by atomic mass is 16.8. The predicted molar refractivity (Wildman–Crippen MR) is 170 cm³/mol. The normalized spacial score (nSPS) is 22.3. The van der Waals surface area contributed by atoms with Gasteiger partial charge in [-0.15, -0.1) is 0 Å². The highest BCUT2D eigenvalue weighted by molar-refractivity contribution is 5.54. The van der Waals surface area contributed by atoms with Crippen LogP contribution in [0, 0.1) is 0 Å². The van der Waals surface area contributed by atoms with Crippen molar-refractivity contribution in [2.75, 3.05) is 49.2 Å². The first-order valence-corrected chi connectivity index (χ1v) is 15.9. The maximum atomic E-state index is 12.8. The minimum atomic E-state index is -0.809. The molecule has 4 heterocycles. The first kappa shape index (κ1) is 29.3. The Kier molecular flexibility index (Phi) is 8.16. The molecule has 0 radical (unpaired) electrons. The van der Waals surface area contributed by atoms with Crippen LogP contribution in [0.25, 0.3) is 5.69 Å². The van der Waals surface area contributed by atoms with Crippen molar-refractivity contribution in [3.05, 3.63) is 89.4 Å². The Morgan fingerprint density at radius 3 is 2.16 bits per heavy atom. The van der Waals surface area contributed by atoms with Crippen molar-refractivity contribution in [3.63, 3.8) is 0 Å². The lowest BCUT2D eigenvalue weighted by Gasteiger charge is -2.37. The van der Waals surface area contributed by atoms with Crippen LogP contribution in [-0.2, 0) is 16.0 Å². The van der Waals surface area contributed by atoms with E-state index in [-0.39, 0.29) is 17.8 Å². The SMILES string of the molecule is CCC(C)n1ncn(-c2ccc(N3CCN(c4ccc(OC[C@@H]5CO[C@@](Cn6nccn6)(C6=CCC6)O5)cc4)CC3)cc2)c1=O. The monoisotopic (exact) mass is 612 g/mol. The van der Waals surface area contributed by atoms with Gasteiger partial charge < -0.3 is 24.0 Å². The first-order chi connectivity index (χ1) is 22.0. The third-order valence-electron chi connectivity index (χ3n) is 9.08. The number of benzene rings is 2. The summed E-state index contributed by atoms with van der Waals surface area (Å²) in [5, 5.41) is 12.8. The quantitative estimate of drug-likeness (QED) is 0.234. The van der Waals surface area contributed by atoms with E-state index >= 15 is 0 Å². The van der Waals surface area contributed by atoms with Crippen molar-refractivity contribution >= 4 is 11.4 Å². The molecule has 0 saturated carbocycles. The molecule has 0 bridgehead atoms. The Hall–Kier alpha value is -4.42. The molecule has 0 spiro atoms. The van der Waals surface area contributed by atoms with E-state index in [9.17, 15) is 4.79 Å². The summed E-state index contributed by atoms with van der Waals surface area (Å²) in [5.41, 5.74) is 4.21. The Morgan fingerprint density at radius 2 is 1.56 bits per heavy atom. The fourth-order valence-electron chi connectivity index (χ4n) is 6.10. The summed E-state index contributed by atoms with van der Waals surface area (Å²) in [5.74, 6) is -0.000156. The van der Waals surface area contributed by atoms with Gasteiger partial charge in [0.15, 0.2) is 0 Å². The van der Waals surface area contributed by atoms with Gasteiger partial charge >= 0.3 is 5.69 Å². The number of hydrogen-bond acceptors (Lipinski definition) is 9. The van der Waals surface area contributed by atoms with Crippen LogP contribution in [0.15, 0.2) is 83.7 Å². The minimum absolute atomic E-state index is 0.0761. The van der Waals surface area contributed by atoms with Crippen LogP contribution in [0.5, 0.6) is 5.75 Å². The third kappa shape index (κ3) is 5.99. The molecular weight excluding hydrogens is 572 g/mol. The van der Waals surface area contributed by atoms with E-state index in [1.165, 1.54) is 5.69 Å². The number of piperazine rings is 1. The maximum absolute atomic E-state index is 12.8. The standard InChI is InChI=1S/C33H40N8O4/c1-3-25(2)41-32(42)39(24-36-41)29-9-7-27(8-10-29)37-17-19-38(20-18-37)28-11-13-30(14-12-28)43-21-31-22-44-33(45-31,26-5-4-6-26)23-40-34-15-16-35-40/h5,7-16,24-25,31H,3-4,6,17-23H2,1-2H3/t25?,31-,33-/m1/s1. The Bertz CT molecular complexity index is 1660. The molecule has 12 nitrogen and oxygen atoms in total. The molecule has 2 fully saturated rings. The Labute approximate surface area is 262 Å². The van der Waals surface area contributed by atoms with Crippen LogP contribution in [0.4, 0.5) is 11.4 Å². The highest BCUT2D eigenvalue weighted by Crippen LogP contribution is 2.39. The van der Waals surface area contributed by atoms with E-state index in [2.05, 4.69) is 62.4 Å². The number of ether oxygens (including phenoxy) is 3. The molecule has 2 aromatic carbocycles. The van der Waals surface area contributed by atoms with Gasteiger partial charge in [-0.2, -0.15) is 20.1 Å². The molecule has 4 aromatic rings. The van der Waals surface area contributed by atoms with Gasteiger partial charge in [-0.05, 0) is 80.3 Å². The number of nitrogens with zero attached hydrogens (tertiary/aromatic N) is 8. The van der Waals surface area contributed by atoms with E-state index in [1.54, 1.807) is 32.8 Å². The second kappa shape index (κ2) is 12.5. The molecule has 2 aromatic heterocycles. The summed E-state index contributed by atoms with van der Waals surface area (Å²) in [6, 6.07) is 16.5. The summed E-state index contributed by atoms with van der Waals surface area (Å²) in [6.07, 6.45) is 9.81. The summed E-state index contributed by atoms with van der Waals surface area (Å²) in [6.45, 7) is 9.02. The van der Waals surface area contributed by atoms with E-state index in [4.69, 9.17) is 14.2 Å². The average molecular weight is 613 g/mol. The lowest BCUT2D eigenvalue weighted by molar-refractivity contribution is -0.158. The lowest BCUT2D eigenvalue weighted by Crippen LogP contribution is -2.46. The summed E-state index contributed by atoms with van der Waals surface area (Å²) < 4.78 is 21.9. The van der Waals surface area contributed by atoms with Crippen LogP contribution < -0.4 is 20.2 Å². The van der Waals surface area contributed by atoms with Crippen LogP contribution in [0.1, 0.15) is 39.2 Å². The van der Waals surface area contributed by atoms with E-state index in [0.29, 0.717) is 19.8 Å². The zero-order valence-corrected chi connectivity index (χ0v) is 25.9. The number of aromatic nitrogens is 6. The largest absolute Gasteiger partial charge is 0.491 e. The van der Waals surface area contributed by atoms with Gasteiger partial charge in [-0.25, -0.2) is 14.0 Å². The fourth-order valence-corrected chi connectivity index (χ4v) is 6.10. The van der Waals surface area contributed by atoms with Gasteiger partial charge in [0.25, 0.3) is 0 Å². The molecule has 3 atom stereocenters. The van der Waals surface area contributed by atoms with Crippen molar-refractivity contribution in [2.24, 2.45) is 0 Å². The molecule has 3 aliphatic rings. The summed E-state index contributed by atoms with van der Waals surface area (Å²) >= 11 is 0. The van der Waals surface area contributed by atoms with E-state index in [0.717, 1.165) is 68.1 Å². The smallest absolute Gasteiger partial charge is 0.350 e. The van der Waals surface area contributed by atoms with Gasteiger partial charge in [0.2, 0.25) is 5.79 Å². The van der Waals surface area contributed by atoms with Crippen molar-refractivity contribution in [1.29, 1.82) is 0 Å². The molecule has 12 heteroatoms. The van der Waals surface area contributed by atoms with Crippen molar-refractivity contribution < 1.29 is 14.2 Å². The first-order valence-electron chi connectivity index (χ1n) is 15.9. The van der Waals surface area contributed by atoms with Crippen LogP contribution in [0.2, 0.25) is 0 Å². The Morgan fingerprint density at radius 1 is 0.933 bits per heavy atom. The Balaban J connectivity index is 0.901. The van der Waals surface area contributed by atoms with Crippen LogP contribution in [-0.4, -0.2) is 80.6 Å². The molecule has 1 aliphatic carbocycles. The van der Waals surface area contributed by atoms with Gasteiger partial charge in [0.05, 0.1) is 30.7 Å². The van der Waals surface area contributed by atoms with Gasteiger partial charge in [0.1, 0.15) is 31.3 Å². The predicted octanol–water partition coefficient (Wildman–Crippen LogP) is 3.83.